The van der Waals surface area contributed by atoms with Crippen LogP contribution in [0, 0.1) is 0 Å². The molecule has 7 heteroatoms. The van der Waals surface area contributed by atoms with Crippen LogP contribution < -0.4 is 4.74 Å². The molecule has 7 nitrogen and oxygen atoms in total. The molecule has 3 rings (SSSR count). The molecule has 0 radical (unpaired) electrons. The number of hydrogen-bond donors (Lipinski definition) is 2. The van der Waals surface area contributed by atoms with Crippen LogP contribution in [0.1, 0.15) is 16.1 Å². The summed E-state index contributed by atoms with van der Waals surface area (Å²) in [7, 11) is 1.45. The third kappa shape index (κ3) is 2.39. The van der Waals surface area contributed by atoms with Gasteiger partial charge in [0.2, 0.25) is 5.78 Å². The SMILES string of the molecule is COc1cc(-c2n[nH]nc2C(=O)c2cccnc2)ccc1O. The molecule has 0 saturated carbocycles. The van der Waals surface area contributed by atoms with E-state index in [0.717, 1.165) is 0 Å². The molecule has 0 spiro atoms. The molecular weight excluding hydrogens is 284 g/mol. The minimum absolute atomic E-state index is 0.00915. The van der Waals surface area contributed by atoms with Gasteiger partial charge in [-0.05, 0) is 30.3 Å². The largest absolute Gasteiger partial charge is 0.504 e. The average molecular weight is 296 g/mol. The molecule has 0 bridgehead atoms. The van der Waals surface area contributed by atoms with E-state index >= 15 is 0 Å². The Labute approximate surface area is 125 Å². The van der Waals surface area contributed by atoms with Gasteiger partial charge in [-0.15, -0.1) is 0 Å². The quantitative estimate of drug-likeness (QED) is 0.712. The molecule has 0 aliphatic carbocycles. The van der Waals surface area contributed by atoms with Crippen molar-refractivity contribution in [1.29, 1.82) is 0 Å². The lowest BCUT2D eigenvalue weighted by Gasteiger charge is -2.05. The molecule has 0 saturated heterocycles. The number of rotatable bonds is 4. The molecule has 0 amide bonds. The van der Waals surface area contributed by atoms with E-state index in [0.29, 0.717) is 22.6 Å². The summed E-state index contributed by atoms with van der Waals surface area (Å²) in [5.74, 6) is 0.0130. The first kappa shape index (κ1) is 13.7. The Morgan fingerprint density at radius 3 is 2.86 bits per heavy atom. The lowest BCUT2D eigenvalue weighted by atomic mass is 10.0. The minimum Gasteiger partial charge on any atom is -0.504 e. The van der Waals surface area contributed by atoms with Gasteiger partial charge in [0.15, 0.2) is 17.2 Å². The highest BCUT2D eigenvalue weighted by atomic mass is 16.5. The number of methoxy groups -OCH3 is 1. The molecule has 2 N–H and O–H groups in total. The van der Waals surface area contributed by atoms with Gasteiger partial charge in [-0.2, -0.15) is 15.4 Å². The summed E-state index contributed by atoms with van der Waals surface area (Å²) in [6, 6.07) is 8.03. The smallest absolute Gasteiger partial charge is 0.217 e. The number of aromatic hydroxyl groups is 1. The fourth-order valence-corrected chi connectivity index (χ4v) is 2.05. The number of phenolic OH excluding ortho intramolecular Hbond substituents is 1. The lowest BCUT2D eigenvalue weighted by Crippen LogP contribution is -2.04. The predicted molar refractivity (Wildman–Crippen MR) is 77.7 cm³/mol. The number of nitrogens with one attached hydrogen (secondary N) is 1. The number of phenols is 1. The van der Waals surface area contributed by atoms with E-state index in [9.17, 15) is 9.90 Å². The van der Waals surface area contributed by atoms with Crippen LogP contribution in [-0.4, -0.2) is 38.4 Å². The Balaban J connectivity index is 2.04. The van der Waals surface area contributed by atoms with Crippen LogP contribution in [0.25, 0.3) is 11.3 Å². The zero-order chi connectivity index (χ0) is 15.5. The van der Waals surface area contributed by atoms with Crippen LogP contribution >= 0.6 is 0 Å². The fraction of sp³-hybridized carbons (Fsp3) is 0.0667. The molecular formula is C15H12N4O3. The van der Waals surface area contributed by atoms with Crippen molar-refractivity contribution in [2.24, 2.45) is 0 Å². The molecule has 0 aliphatic rings. The van der Waals surface area contributed by atoms with Crippen molar-refractivity contribution in [3.63, 3.8) is 0 Å². The van der Waals surface area contributed by atoms with Gasteiger partial charge in [-0.25, -0.2) is 0 Å². The topological polar surface area (TPSA) is 101 Å². The number of aromatic amines is 1. The van der Waals surface area contributed by atoms with Crippen molar-refractivity contribution in [2.75, 3.05) is 7.11 Å². The number of hydrogen-bond acceptors (Lipinski definition) is 6. The summed E-state index contributed by atoms with van der Waals surface area (Å²) in [5.41, 5.74) is 1.59. The number of H-pyrrole nitrogens is 1. The molecule has 0 aliphatic heterocycles. The zero-order valence-corrected chi connectivity index (χ0v) is 11.6. The summed E-state index contributed by atoms with van der Waals surface area (Å²) in [6.07, 6.45) is 3.06. The first-order valence-electron chi connectivity index (χ1n) is 6.43. The summed E-state index contributed by atoms with van der Waals surface area (Å²) in [6.45, 7) is 0. The van der Waals surface area contributed by atoms with Crippen LogP contribution in [0.4, 0.5) is 0 Å². The van der Waals surface area contributed by atoms with Gasteiger partial charge in [0.1, 0.15) is 5.69 Å². The standard InChI is InChI=1S/C15H12N4O3/c1-22-12-7-9(4-5-11(12)20)13-14(18-19-17-13)15(21)10-3-2-6-16-8-10/h2-8,20H,1H3,(H,17,18,19). The molecule has 3 aromatic rings. The molecule has 0 fully saturated rings. The number of ketones is 1. The first-order chi connectivity index (χ1) is 10.7. The Kier molecular flexibility index (Phi) is 3.53. The maximum atomic E-state index is 12.5. The molecule has 2 aromatic heterocycles. The Hall–Kier alpha value is -3.22. The number of aromatic nitrogens is 4. The van der Waals surface area contributed by atoms with Crippen molar-refractivity contribution in [3.05, 3.63) is 54.0 Å². The molecule has 2 heterocycles. The summed E-state index contributed by atoms with van der Waals surface area (Å²) in [4.78, 5) is 16.4. The molecule has 22 heavy (non-hydrogen) atoms. The second-order valence-electron chi connectivity index (χ2n) is 4.48. The third-order valence-electron chi connectivity index (χ3n) is 3.14. The zero-order valence-electron chi connectivity index (χ0n) is 11.6. The maximum Gasteiger partial charge on any atom is 0.217 e. The molecule has 1 aromatic carbocycles. The number of pyridine rings is 1. The third-order valence-corrected chi connectivity index (χ3v) is 3.14. The van der Waals surface area contributed by atoms with Crippen molar-refractivity contribution in [2.45, 2.75) is 0 Å². The van der Waals surface area contributed by atoms with Gasteiger partial charge >= 0.3 is 0 Å². The van der Waals surface area contributed by atoms with Gasteiger partial charge in [0.25, 0.3) is 0 Å². The van der Waals surface area contributed by atoms with Crippen molar-refractivity contribution in [3.8, 4) is 22.8 Å². The lowest BCUT2D eigenvalue weighted by molar-refractivity contribution is 0.103. The Morgan fingerprint density at radius 1 is 1.27 bits per heavy atom. The highest BCUT2D eigenvalue weighted by Gasteiger charge is 2.20. The summed E-state index contributed by atoms with van der Waals surface area (Å²) < 4.78 is 5.07. The number of ether oxygens (including phenoxy) is 1. The monoisotopic (exact) mass is 296 g/mol. The fourth-order valence-electron chi connectivity index (χ4n) is 2.05. The average Bonchev–Trinajstić information content (AvgIpc) is 3.05. The van der Waals surface area contributed by atoms with Crippen LogP contribution in [0.3, 0.4) is 0 Å². The number of nitrogens with zero attached hydrogens (tertiary/aromatic N) is 3. The summed E-state index contributed by atoms with van der Waals surface area (Å²) >= 11 is 0. The van der Waals surface area contributed by atoms with E-state index in [1.54, 1.807) is 30.5 Å². The van der Waals surface area contributed by atoms with Crippen molar-refractivity contribution >= 4 is 5.78 Å². The second-order valence-corrected chi connectivity index (χ2v) is 4.48. The first-order valence-corrected chi connectivity index (χ1v) is 6.43. The van der Waals surface area contributed by atoms with Gasteiger partial charge in [0, 0.05) is 23.5 Å². The maximum absolute atomic E-state index is 12.5. The van der Waals surface area contributed by atoms with Crippen LogP contribution in [0.15, 0.2) is 42.7 Å². The van der Waals surface area contributed by atoms with E-state index in [1.165, 1.54) is 19.4 Å². The van der Waals surface area contributed by atoms with Gasteiger partial charge in [-0.1, -0.05) is 0 Å². The van der Waals surface area contributed by atoms with E-state index in [-0.39, 0.29) is 17.2 Å². The Morgan fingerprint density at radius 2 is 2.14 bits per heavy atom. The minimum atomic E-state index is -0.288. The number of carbonyl (C=O) groups is 1. The second kappa shape index (κ2) is 5.65. The number of benzene rings is 1. The predicted octanol–water partition coefficient (Wildman–Crippen LogP) is 1.81. The highest BCUT2D eigenvalue weighted by Crippen LogP contribution is 2.31. The molecule has 0 unspecified atom stereocenters. The normalized spacial score (nSPS) is 10.4. The van der Waals surface area contributed by atoms with E-state index in [4.69, 9.17) is 4.74 Å². The van der Waals surface area contributed by atoms with Crippen LogP contribution in [0.2, 0.25) is 0 Å². The molecule has 0 atom stereocenters. The van der Waals surface area contributed by atoms with E-state index < -0.39 is 0 Å². The van der Waals surface area contributed by atoms with Gasteiger partial charge in [0.05, 0.1) is 7.11 Å². The van der Waals surface area contributed by atoms with Crippen LogP contribution in [0.5, 0.6) is 11.5 Å². The van der Waals surface area contributed by atoms with E-state index in [2.05, 4.69) is 20.4 Å². The summed E-state index contributed by atoms with van der Waals surface area (Å²) in [5, 5.41) is 20.1. The molecule has 110 valence electrons. The highest BCUT2D eigenvalue weighted by molar-refractivity contribution is 6.10. The van der Waals surface area contributed by atoms with Gasteiger partial charge < -0.3 is 9.84 Å². The van der Waals surface area contributed by atoms with Crippen molar-refractivity contribution in [1.82, 2.24) is 20.4 Å². The Bertz CT molecular complexity index is 815. The van der Waals surface area contributed by atoms with Crippen molar-refractivity contribution < 1.29 is 14.6 Å². The number of carbonyl (C=O) groups excluding carboxylic acids is 1. The van der Waals surface area contributed by atoms with Crippen LogP contribution in [-0.2, 0) is 0 Å². The van der Waals surface area contributed by atoms with Gasteiger partial charge in [-0.3, -0.25) is 9.78 Å². The van der Waals surface area contributed by atoms with E-state index in [1.807, 2.05) is 0 Å².